The summed E-state index contributed by atoms with van der Waals surface area (Å²) in [4.78, 5) is 31.6. The van der Waals surface area contributed by atoms with Gasteiger partial charge in [0.25, 0.3) is 0 Å². The number of piperidine rings is 1. The van der Waals surface area contributed by atoms with Crippen molar-refractivity contribution >= 4 is 16.9 Å². The fourth-order valence-electron chi connectivity index (χ4n) is 4.06. The van der Waals surface area contributed by atoms with Crippen molar-refractivity contribution in [2.24, 2.45) is 0 Å². The Morgan fingerprint density at radius 3 is 2.65 bits per heavy atom. The lowest BCUT2D eigenvalue weighted by molar-refractivity contribution is -0.131. The van der Waals surface area contributed by atoms with Crippen molar-refractivity contribution in [3.05, 3.63) is 64.8 Å². The number of benzene rings is 2. The maximum atomic E-state index is 13.6. The van der Waals surface area contributed by atoms with E-state index in [9.17, 15) is 14.0 Å². The third kappa shape index (κ3) is 4.80. The number of nitrogens with one attached hydrogen (secondary N) is 1. The Labute approximate surface area is 180 Å². The first-order valence-corrected chi connectivity index (χ1v) is 10.6. The number of carbonyl (C=O) groups is 1. The number of hydrogen-bond donors (Lipinski definition) is 1. The molecule has 4 rings (SSSR count). The SMILES string of the molecule is CN(CCOc1ccccc1F)C(=O)CN1CCC(n2c(=O)[nH]c3ccccc32)CC1. The number of amides is 1. The highest BCUT2D eigenvalue weighted by Gasteiger charge is 2.25. The van der Waals surface area contributed by atoms with E-state index in [1.165, 1.54) is 6.07 Å². The number of halogens is 1. The van der Waals surface area contributed by atoms with E-state index in [4.69, 9.17) is 4.74 Å². The van der Waals surface area contributed by atoms with E-state index in [0.29, 0.717) is 13.1 Å². The number of nitrogens with zero attached hydrogens (tertiary/aromatic N) is 3. The molecular formula is C23H27FN4O3. The van der Waals surface area contributed by atoms with E-state index in [-0.39, 0.29) is 30.0 Å². The predicted molar refractivity (Wildman–Crippen MR) is 117 cm³/mol. The Kier molecular flexibility index (Phi) is 6.36. The topological polar surface area (TPSA) is 70.6 Å². The highest BCUT2D eigenvalue weighted by molar-refractivity contribution is 5.78. The van der Waals surface area contributed by atoms with Crippen LogP contribution in [0.1, 0.15) is 18.9 Å². The van der Waals surface area contributed by atoms with Crippen LogP contribution in [0, 0.1) is 5.82 Å². The molecule has 0 radical (unpaired) electrons. The first kappa shape index (κ1) is 21.1. The molecule has 0 spiro atoms. The summed E-state index contributed by atoms with van der Waals surface area (Å²) in [6, 6.07) is 14.1. The summed E-state index contributed by atoms with van der Waals surface area (Å²) in [5, 5.41) is 0. The summed E-state index contributed by atoms with van der Waals surface area (Å²) < 4.78 is 20.9. The van der Waals surface area contributed by atoms with Gasteiger partial charge in [-0.2, -0.15) is 0 Å². The van der Waals surface area contributed by atoms with E-state index in [1.807, 2.05) is 28.8 Å². The molecule has 0 saturated carbocycles. The van der Waals surface area contributed by atoms with Gasteiger partial charge in [-0.25, -0.2) is 9.18 Å². The van der Waals surface area contributed by atoms with E-state index >= 15 is 0 Å². The van der Waals surface area contributed by atoms with Crippen LogP contribution >= 0.6 is 0 Å². The minimum Gasteiger partial charge on any atom is -0.489 e. The Morgan fingerprint density at radius 1 is 1.16 bits per heavy atom. The maximum absolute atomic E-state index is 13.6. The van der Waals surface area contributed by atoms with Crippen LogP contribution in [0.25, 0.3) is 11.0 Å². The van der Waals surface area contributed by atoms with Gasteiger partial charge in [-0.3, -0.25) is 14.3 Å². The molecule has 1 aliphatic rings. The summed E-state index contributed by atoms with van der Waals surface area (Å²) in [6.45, 7) is 2.44. The lowest BCUT2D eigenvalue weighted by Crippen LogP contribution is -2.44. The van der Waals surface area contributed by atoms with Crippen molar-refractivity contribution in [2.45, 2.75) is 18.9 Å². The van der Waals surface area contributed by atoms with Gasteiger partial charge in [0.05, 0.1) is 24.1 Å². The van der Waals surface area contributed by atoms with Crippen molar-refractivity contribution in [3.63, 3.8) is 0 Å². The highest BCUT2D eigenvalue weighted by atomic mass is 19.1. The van der Waals surface area contributed by atoms with Gasteiger partial charge in [-0.15, -0.1) is 0 Å². The van der Waals surface area contributed by atoms with Crippen molar-refractivity contribution in [2.75, 3.05) is 39.8 Å². The molecule has 1 aliphatic heterocycles. The molecule has 1 aromatic heterocycles. The molecule has 164 valence electrons. The fourth-order valence-corrected chi connectivity index (χ4v) is 4.06. The molecule has 8 heteroatoms. The normalized spacial score (nSPS) is 15.3. The van der Waals surface area contributed by atoms with Crippen LogP contribution in [-0.4, -0.2) is 65.1 Å². The van der Waals surface area contributed by atoms with E-state index in [2.05, 4.69) is 9.88 Å². The van der Waals surface area contributed by atoms with Crippen LogP contribution in [-0.2, 0) is 4.79 Å². The number of imidazole rings is 1. The summed E-state index contributed by atoms with van der Waals surface area (Å²) in [5.74, 6) is -0.216. The van der Waals surface area contributed by atoms with E-state index < -0.39 is 5.82 Å². The van der Waals surface area contributed by atoms with Gasteiger partial charge < -0.3 is 14.6 Å². The number of aromatic amines is 1. The van der Waals surface area contributed by atoms with Crippen LogP contribution in [0.15, 0.2) is 53.3 Å². The minimum atomic E-state index is -0.409. The maximum Gasteiger partial charge on any atom is 0.326 e. The summed E-state index contributed by atoms with van der Waals surface area (Å²) in [7, 11) is 1.73. The van der Waals surface area contributed by atoms with Crippen molar-refractivity contribution in [1.82, 2.24) is 19.4 Å². The molecule has 0 unspecified atom stereocenters. The lowest BCUT2D eigenvalue weighted by atomic mass is 10.0. The quantitative estimate of drug-likeness (QED) is 0.631. The number of H-pyrrole nitrogens is 1. The van der Waals surface area contributed by atoms with Gasteiger partial charge in [-0.1, -0.05) is 24.3 Å². The van der Waals surface area contributed by atoms with Gasteiger partial charge in [0.15, 0.2) is 11.6 Å². The zero-order valence-electron chi connectivity index (χ0n) is 17.6. The molecule has 1 amide bonds. The second-order valence-corrected chi connectivity index (χ2v) is 7.92. The number of hydrogen-bond acceptors (Lipinski definition) is 4. The van der Waals surface area contributed by atoms with Crippen molar-refractivity contribution in [1.29, 1.82) is 0 Å². The number of ether oxygens (including phenoxy) is 1. The molecule has 2 heterocycles. The third-order valence-electron chi connectivity index (χ3n) is 5.85. The molecule has 31 heavy (non-hydrogen) atoms. The average molecular weight is 426 g/mol. The number of carbonyl (C=O) groups excluding carboxylic acids is 1. The molecule has 0 aliphatic carbocycles. The molecule has 2 aromatic carbocycles. The van der Waals surface area contributed by atoms with Crippen molar-refractivity contribution < 1.29 is 13.9 Å². The molecule has 0 bridgehead atoms. The Balaban J connectivity index is 1.25. The summed E-state index contributed by atoms with van der Waals surface area (Å²) in [5.41, 5.74) is 1.70. The number of aromatic nitrogens is 2. The van der Waals surface area contributed by atoms with Crippen LogP contribution < -0.4 is 10.4 Å². The third-order valence-corrected chi connectivity index (χ3v) is 5.85. The molecular weight excluding hydrogens is 399 g/mol. The Morgan fingerprint density at radius 2 is 1.87 bits per heavy atom. The van der Waals surface area contributed by atoms with Crippen LogP contribution in [0.3, 0.4) is 0 Å². The van der Waals surface area contributed by atoms with Crippen LogP contribution in [0.5, 0.6) is 5.75 Å². The molecule has 3 aromatic rings. The van der Waals surface area contributed by atoms with Crippen molar-refractivity contribution in [3.8, 4) is 5.75 Å². The fraction of sp³-hybridized carbons (Fsp3) is 0.391. The number of para-hydroxylation sites is 3. The first-order valence-electron chi connectivity index (χ1n) is 10.6. The first-order chi connectivity index (χ1) is 15.0. The van der Waals surface area contributed by atoms with E-state index in [0.717, 1.165) is 37.0 Å². The molecule has 1 saturated heterocycles. The lowest BCUT2D eigenvalue weighted by Gasteiger charge is -2.33. The standard InChI is InChI=1S/C23H27FN4O3/c1-26(14-15-31-21-9-5-2-6-18(21)24)22(29)16-27-12-10-17(11-13-27)28-20-8-4-3-7-19(20)25-23(28)30/h2-9,17H,10-16H2,1H3,(H,25,30). The smallest absolute Gasteiger partial charge is 0.326 e. The average Bonchev–Trinajstić information content (AvgIpc) is 3.11. The zero-order valence-corrected chi connectivity index (χ0v) is 17.6. The van der Waals surface area contributed by atoms with Crippen LogP contribution in [0.2, 0.25) is 0 Å². The van der Waals surface area contributed by atoms with Gasteiger partial charge in [-0.05, 0) is 37.1 Å². The summed E-state index contributed by atoms with van der Waals surface area (Å²) >= 11 is 0. The molecule has 1 N–H and O–H groups in total. The number of rotatable bonds is 7. The monoisotopic (exact) mass is 426 g/mol. The minimum absolute atomic E-state index is 0.000144. The highest BCUT2D eigenvalue weighted by Crippen LogP contribution is 2.24. The molecule has 7 nitrogen and oxygen atoms in total. The van der Waals surface area contributed by atoms with Crippen LogP contribution in [0.4, 0.5) is 4.39 Å². The zero-order chi connectivity index (χ0) is 21.8. The van der Waals surface area contributed by atoms with Gasteiger partial charge in [0, 0.05) is 26.2 Å². The van der Waals surface area contributed by atoms with E-state index in [1.54, 1.807) is 30.1 Å². The predicted octanol–water partition coefficient (Wildman–Crippen LogP) is 2.64. The van der Waals surface area contributed by atoms with Gasteiger partial charge in [0.2, 0.25) is 5.91 Å². The second kappa shape index (κ2) is 9.34. The second-order valence-electron chi connectivity index (χ2n) is 7.92. The Hall–Kier alpha value is -3.13. The summed E-state index contributed by atoms with van der Waals surface area (Å²) in [6.07, 6.45) is 1.63. The number of fused-ring (bicyclic) bond motifs is 1. The Bertz CT molecular complexity index is 1100. The number of likely N-dealkylation sites (tertiary alicyclic amines) is 1. The largest absolute Gasteiger partial charge is 0.489 e. The number of likely N-dealkylation sites (N-methyl/N-ethyl adjacent to an activating group) is 1. The van der Waals surface area contributed by atoms with Gasteiger partial charge in [0.1, 0.15) is 6.61 Å². The molecule has 1 fully saturated rings. The molecule has 0 atom stereocenters. The van der Waals surface area contributed by atoms with Gasteiger partial charge >= 0.3 is 5.69 Å².